The Bertz CT molecular complexity index is 868. The number of carbonyl (C=O) groups is 2. The molecule has 0 bridgehead atoms. The quantitative estimate of drug-likeness (QED) is 0.419. The van der Waals surface area contributed by atoms with Gasteiger partial charge in [-0.3, -0.25) is 14.9 Å². The average molecular weight is 388 g/mol. The van der Waals surface area contributed by atoms with E-state index in [1.807, 2.05) is 30.3 Å². The van der Waals surface area contributed by atoms with E-state index in [0.717, 1.165) is 17.7 Å². The molecular formula is C19H20N2O7. The maximum Gasteiger partial charge on any atom is 0.346 e. The van der Waals surface area contributed by atoms with Crippen LogP contribution in [0.4, 0.5) is 5.69 Å². The second kappa shape index (κ2) is 9.36. The Morgan fingerprint density at radius 1 is 1.11 bits per heavy atom. The van der Waals surface area contributed by atoms with Crippen LogP contribution in [-0.4, -0.2) is 37.1 Å². The number of esters is 1. The fourth-order valence-electron chi connectivity index (χ4n) is 2.39. The molecule has 148 valence electrons. The summed E-state index contributed by atoms with van der Waals surface area (Å²) in [5, 5.41) is 13.9. The lowest BCUT2D eigenvalue weighted by atomic mass is 10.1. The number of benzene rings is 2. The van der Waals surface area contributed by atoms with Crippen molar-refractivity contribution in [3.8, 4) is 11.5 Å². The third kappa shape index (κ3) is 4.97. The summed E-state index contributed by atoms with van der Waals surface area (Å²) in [5.74, 6) is -1.32. The molecule has 0 aliphatic heterocycles. The van der Waals surface area contributed by atoms with Crippen LogP contribution in [-0.2, 0) is 16.1 Å². The van der Waals surface area contributed by atoms with E-state index in [1.165, 1.54) is 21.1 Å². The van der Waals surface area contributed by atoms with Gasteiger partial charge in [-0.2, -0.15) is 0 Å². The van der Waals surface area contributed by atoms with Crippen molar-refractivity contribution >= 4 is 17.6 Å². The molecule has 0 spiro atoms. The average Bonchev–Trinajstić information content (AvgIpc) is 2.71. The molecule has 2 rings (SSSR count). The van der Waals surface area contributed by atoms with Crippen LogP contribution in [0.5, 0.6) is 11.5 Å². The zero-order valence-electron chi connectivity index (χ0n) is 15.6. The third-order valence-corrected chi connectivity index (χ3v) is 3.88. The smallest absolute Gasteiger partial charge is 0.346 e. The van der Waals surface area contributed by atoms with E-state index in [0.29, 0.717) is 0 Å². The number of nitro groups is 1. The van der Waals surface area contributed by atoms with Crippen molar-refractivity contribution in [1.82, 2.24) is 5.32 Å². The molecule has 9 heteroatoms. The third-order valence-electron chi connectivity index (χ3n) is 3.88. The molecule has 2 aromatic rings. The van der Waals surface area contributed by atoms with Crippen LogP contribution in [0.25, 0.3) is 0 Å². The van der Waals surface area contributed by atoms with E-state index in [-0.39, 0.29) is 23.6 Å². The summed E-state index contributed by atoms with van der Waals surface area (Å²) in [6.45, 7) is 1.64. The zero-order valence-corrected chi connectivity index (χ0v) is 15.6. The number of methoxy groups -OCH3 is 2. The normalized spacial score (nSPS) is 11.2. The van der Waals surface area contributed by atoms with Crippen molar-refractivity contribution in [2.75, 3.05) is 14.2 Å². The van der Waals surface area contributed by atoms with Crippen molar-refractivity contribution in [1.29, 1.82) is 0 Å². The number of amides is 1. The van der Waals surface area contributed by atoms with Gasteiger partial charge in [-0.05, 0) is 12.5 Å². The maximum absolute atomic E-state index is 12.4. The summed E-state index contributed by atoms with van der Waals surface area (Å²) in [4.78, 5) is 35.1. The van der Waals surface area contributed by atoms with Gasteiger partial charge in [0.25, 0.3) is 11.6 Å². The monoisotopic (exact) mass is 388 g/mol. The number of nitro benzene ring substituents is 1. The van der Waals surface area contributed by atoms with Crippen molar-refractivity contribution in [2.24, 2.45) is 0 Å². The second-order valence-corrected chi connectivity index (χ2v) is 5.73. The van der Waals surface area contributed by atoms with E-state index in [9.17, 15) is 19.7 Å². The van der Waals surface area contributed by atoms with E-state index in [4.69, 9.17) is 14.2 Å². The molecule has 1 N–H and O–H groups in total. The van der Waals surface area contributed by atoms with Gasteiger partial charge in [0.1, 0.15) is 5.56 Å². The van der Waals surface area contributed by atoms with Gasteiger partial charge < -0.3 is 19.5 Å². The summed E-state index contributed by atoms with van der Waals surface area (Å²) < 4.78 is 15.2. The molecule has 0 saturated carbocycles. The molecule has 0 radical (unpaired) electrons. The van der Waals surface area contributed by atoms with E-state index >= 15 is 0 Å². The molecule has 28 heavy (non-hydrogen) atoms. The lowest BCUT2D eigenvalue weighted by Crippen LogP contribution is -2.35. The van der Waals surface area contributed by atoms with Crippen LogP contribution >= 0.6 is 0 Å². The van der Waals surface area contributed by atoms with Gasteiger partial charge >= 0.3 is 5.97 Å². The number of hydrogen-bond donors (Lipinski definition) is 1. The number of carbonyl (C=O) groups excluding carboxylic acids is 2. The standard InChI is InChI=1S/C19H20N2O7/c1-12(18(22)20-11-13-7-5-4-6-8-13)28-19(23)14-9-16(26-2)17(27-3)10-15(14)21(24)25/h4-10,12H,11H2,1-3H3,(H,20,22)/t12-/m0/s1. The van der Waals surface area contributed by atoms with Crippen LogP contribution in [0.15, 0.2) is 42.5 Å². The Kier molecular flexibility index (Phi) is 6.91. The summed E-state index contributed by atoms with van der Waals surface area (Å²) >= 11 is 0. The molecule has 0 fully saturated rings. The van der Waals surface area contributed by atoms with Crippen LogP contribution in [0.1, 0.15) is 22.8 Å². The first kappa shape index (κ1) is 20.7. The maximum atomic E-state index is 12.4. The molecular weight excluding hydrogens is 368 g/mol. The van der Waals surface area contributed by atoms with E-state index < -0.39 is 28.6 Å². The number of rotatable bonds is 8. The Morgan fingerprint density at radius 2 is 1.71 bits per heavy atom. The van der Waals surface area contributed by atoms with Gasteiger partial charge in [-0.25, -0.2) is 4.79 Å². The topological polar surface area (TPSA) is 117 Å². The van der Waals surface area contributed by atoms with Crippen molar-refractivity contribution in [2.45, 2.75) is 19.6 Å². The van der Waals surface area contributed by atoms with Crippen LogP contribution in [0.3, 0.4) is 0 Å². The first-order valence-electron chi connectivity index (χ1n) is 8.30. The molecule has 0 saturated heterocycles. The van der Waals surface area contributed by atoms with Crippen LogP contribution in [0.2, 0.25) is 0 Å². The Morgan fingerprint density at radius 3 is 2.29 bits per heavy atom. The van der Waals surface area contributed by atoms with Crippen molar-refractivity contribution < 1.29 is 28.7 Å². The van der Waals surface area contributed by atoms with Crippen molar-refractivity contribution in [3.05, 3.63) is 63.7 Å². The highest BCUT2D eigenvalue weighted by atomic mass is 16.6. The highest BCUT2D eigenvalue weighted by molar-refractivity contribution is 5.96. The summed E-state index contributed by atoms with van der Waals surface area (Å²) in [7, 11) is 2.65. The van der Waals surface area contributed by atoms with Gasteiger partial charge in [0.05, 0.1) is 25.2 Å². The van der Waals surface area contributed by atoms with Crippen LogP contribution in [0, 0.1) is 10.1 Å². The van der Waals surface area contributed by atoms with Crippen molar-refractivity contribution in [3.63, 3.8) is 0 Å². The molecule has 1 amide bonds. The van der Waals surface area contributed by atoms with E-state index in [1.54, 1.807) is 0 Å². The van der Waals surface area contributed by atoms with Gasteiger partial charge in [0.2, 0.25) is 0 Å². The van der Waals surface area contributed by atoms with Gasteiger partial charge in [0, 0.05) is 12.6 Å². The fraction of sp³-hybridized carbons (Fsp3) is 0.263. The minimum absolute atomic E-state index is 0.0967. The lowest BCUT2D eigenvalue weighted by Gasteiger charge is -2.15. The minimum atomic E-state index is -1.15. The van der Waals surface area contributed by atoms with E-state index in [2.05, 4.69) is 5.32 Å². The number of ether oxygens (including phenoxy) is 3. The molecule has 2 aromatic carbocycles. The molecule has 0 aliphatic rings. The number of nitrogens with one attached hydrogen (secondary N) is 1. The second-order valence-electron chi connectivity index (χ2n) is 5.73. The zero-order chi connectivity index (χ0) is 20.7. The molecule has 0 unspecified atom stereocenters. The largest absolute Gasteiger partial charge is 0.493 e. The lowest BCUT2D eigenvalue weighted by molar-refractivity contribution is -0.385. The fourth-order valence-corrected chi connectivity index (χ4v) is 2.39. The molecule has 0 heterocycles. The van der Waals surface area contributed by atoms with Gasteiger partial charge in [0.15, 0.2) is 17.6 Å². The van der Waals surface area contributed by atoms with Gasteiger partial charge in [-0.1, -0.05) is 30.3 Å². The Hall–Kier alpha value is -3.62. The molecule has 0 aliphatic carbocycles. The van der Waals surface area contributed by atoms with Gasteiger partial charge in [-0.15, -0.1) is 0 Å². The highest BCUT2D eigenvalue weighted by Gasteiger charge is 2.28. The molecule has 9 nitrogen and oxygen atoms in total. The first-order chi connectivity index (χ1) is 13.4. The predicted molar refractivity (Wildman–Crippen MR) is 99.4 cm³/mol. The summed E-state index contributed by atoms with van der Waals surface area (Å²) in [5.41, 5.74) is 0.0230. The number of hydrogen-bond acceptors (Lipinski definition) is 7. The highest BCUT2D eigenvalue weighted by Crippen LogP contribution is 2.34. The minimum Gasteiger partial charge on any atom is -0.493 e. The molecule has 0 aromatic heterocycles. The first-order valence-corrected chi connectivity index (χ1v) is 8.30. The Labute approximate surface area is 161 Å². The Balaban J connectivity index is 2.12. The molecule has 1 atom stereocenters. The summed E-state index contributed by atoms with van der Waals surface area (Å²) in [6.07, 6.45) is -1.15. The SMILES string of the molecule is COc1cc(C(=O)O[C@@H](C)C(=O)NCc2ccccc2)c([N+](=O)[O-])cc1OC. The summed E-state index contributed by atoms with van der Waals surface area (Å²) in [6, 6.07) is 11.4. The van der Waals surface area contributed by atoms with Crippen LogP contribution < -0.4 is 14.8 Å². The predicted octanol–water partition coefficient (Wildman–Crippen LogP) is 2.47. The number of nitrogens with zero attached hydrogens (tertiary/aromatic N) is 1.